The molecule has 0 heterocycles. The summed E-state index contributed by atoms with van der Waals surface area (Å²) in [6, 6.07) is 4.29. The molecule has 0 radical (unpaired) electrons. The van der Waals surface area contributed by atoms with Crippen LogP contribution in [0.5, 0.6) is 5.75 Å². The number of carbonyl (C=O) groups excluding carboxylic acids is 1. The van der Waals surface area contributed by atoms with Crippen molar-refractivity contribution in [3.05, 3.63) is 23.3 Å². The van der Waals surface area contributed by atoms with Gasteiger partial charge in [0, 0.05) is 18.9 Å². The number of aryl methyl sites for hydroxylation is 1. The molecule has 2 saturated carbocycles. The third kappa shape index (κ3) is 2.66. The maximum atomic E-state index is 12.4. The van der Waals surface area contributed by atoms with Gasteiger partial charge < -0.3 is 15.2 Å². The number of nitrogens with two attached hydrogens (primary N) is 1. The summed E-state index contributed by atoms with van der Waals surface area (Å²) < 4.78 is 10.8. The number of methoxy groups -OCH3 is 1. The molecule has 4 atom stereocenters. The van der Waals surface area contributed by atoms with Crippen molar-refractivity contribution >= 4 is 11.5 Å². The summed E-state index contributed by atoms with van der Waals surface area (Å²) in [5.74, 6) is 3.04. The number of rotatable bonds is 4. The van der Waals surface area contributed by atoms with Crippen molar-refractivity contribution in [1.82, 2.24) is 0 Å². The van der Waals surface area contributed by atoms with E-state index < -0.39 is 0 Å². The smallest absolute Gasteiger partial charge is 0.142 e. The largest absolute Gasteiger partial charge is 0.489 e. The number of fused-ring (bicyclic) bond motifs is 5. The molecule has 0 unspecified atom stereocenters. The lowest BCUT2D eigenvalue weighted by molar-refractivity contribution is -0.129. The van der Waals surface area contributed by atoms with Gasteiger partial charge in [0.05, 0.1) is 12.3 Å². The number of hydrogen-bond donors (Lipinski definition) is 1. The minimum atomic E-state index is -0.0621. The summed E-state index contributed by atoms with van der Waals surface area (Å²) in [5, 5.41) is 0. The average Bonchev–Trinajstić information content (AvgIpc) is 2.91. The van der Waals surface area contributed by atoms with E-state index in [0.29, 0.717) is 36.8 Å². The second kappa shape index (κ2) is 6.31. The molecule has 2 N–H and O–H groups in total. The fraction of sp³-hybridized carbons (Fsp3) is 0.667. The standard InChI is InChI=1S/C21H29NO3/c1-21-8-7-14-15(17(21)5-6-20(21)23)4-3-13-11-19(25-10-9-24-2)18(22)12-16(13)14/h11-12,14-15,17H,3-10,22H2,1-2H3/t14-,15+,17-,21-/m0/s1. The van der Waals surface area contributed by atoms with Crippen LogP contribution in [-0.4, -0.2) is 26.1 Å². The van der Waals surface area contributed by atoms with Gasteiger partial charge in [-0.3, -0.25) is 4.79 Å². The molecule has 0 amide bonds. The summed E-state index contributed by atoms with van der Waals surface area (Å²) in [5.41, 5.74) is 9.75. The lowest BCUT2D eigenvalue weighted by Crippen LogP contribution is -2.42. The fourth-order valence-corrected chi connectivity index (χ4v) is 5.75. The van der Waals surface area contributed by atoms with E-state index in [2.05, 4.69) is 19.1 Å². The van der Waals surface area contributed by atoms with E-state index in [4.69, 9.17) is 15.2 Å². The number of benzene rings is 1. The zero-order valence-corrected chi connectivity index (χ0v) is 15.3. The van der Waals surface area contributed by atoms with Gasteiger partial charge in [-0.15, -0.1) is 0 Å². The van der Waals surface area contributed by atoms with Crippen LogP contribution in [0.25, 0.3) is 0 Å². The maximum Gasteiger partial charge on any atom is 0.142 e. The monoisotopic (exact) mass is 343 g/mol. The Labute approximate surface area is 150 Å². The SMILES string of the molecule is COCCOc1cc2c(cc1N)[C@H]1CC[C@]3(C)C(=O)CC[C@H]3[C@@H]1CC2. The second-order valence-electron chi connectivity index (χ2n) is 8.26. The molecule has 0 aromatic heterocycles. The topological polar surface area (TPSA) is 61.6 Å². The Morgan fingerprint density at radius 3 is 2.84 bits per heavy atom. The van der Waals surface area contributed by atoms with Crippen LogP contribution in [0.4, 0.5) is 5.69 Å². The first-order chi connectivity index (χ1) is 12.0. The van der Waals surface area contributed by atoms with Crippen molar-refractivity contribution in [1.29, 1.82) is 0 Å². The van der Waals surface area contributed by atoms with Crippen molar-refractivity contribution in [2.24, 2.45) is 17.3 Å². The number of Topliss-reactive ketones (excluding diaryl/α,β-unsaturated/α-hetero) is 1. The minimum Gasteiger partial charge on any atom is -0.489 e. The van der Waals surface area contributed by atoms with Crippen LogP contribution in [0.15, 0.2) is 12.1 Å². The van der Waals surface area contributed by atoms with E-state index >= 15 is 0 Å². The van der Waals surface area contributed by atoms with Gasteiger partial charge in [-0.05, 0) is 73.1 Å². The van der Waals surface area contributed by atoms with Gasteiger partial charge in [0.15, 0.2) is 0 Å². The molecule has 136 valence electrons. The quantitative estimate of drug-likeness (QED) is 0.668. The predicted molar refractivity (Wildman–Crippen MR) is 97.8 cm³/mol. The Kier molecular flexibility index (Phi) is 4.27. The first kappa shape index (κ1) is 16.9. The second-order valence-corrected chi connectivity index (χ2v) is 8.26. The Balaban J connectivity index is 1.60. The maximum absolute atomic E-state index is 12.4. The Morgan fingerprint density at radius 1 is 1.20 bits per heavy atom. The lowest BCUT2D eigenvalue weighted by Gasteiger charge is -2.48. The minimum absolute atomic E-state index is 0.0621. The normalized spacial score (nSPS) is 33.5. The van der Waals surface area contributed by atoms with Gasteiger partial charge in [-0.2, -0.15) is 0 Å². The summed E-state index contributed by atoms with van der Waals surface area (Å²) in [7, 11) is 1.67. The molecule has 1 aromatic rings. The Hall–Kier alpha value is -1.55. The predicted octanol–water partition coefficient (Wildman–Crippen LogP) is 3.72. The van der Waals surface area contributed by atoms with E-state index in [1.807, 2.05) is 0 Å². The van der Waals surface area contributed by atoms with Gasteiger partial charge in [0.1, 0.15) is 18.1 Å². The zero-order valence-electron chi connectivity index (χ0n) is 15.3. The van der Waals surface area contributed by atoms with E-state index in [1.54, 1.807) is 7.11 Å². The number of ether oxygens (including phenoxy) is 2. The summed E-state index contributed by atoms with van der Waals surface area (Å²) in [6.45, 7) is 3.31. The van der Waals surface area contributed by atoms with E-state index in [1.165, 1.54) is 17.5 Å². The molecule has 25 heavy (non-hydrogen) atoms. The molecule has 0 saturated heterocycles. The highest BCUT2D eigenvalue weighted by Crippen LogP contribution is 2.59. The molecule has 0 bridgehead atoms. The summed E-state index contributed by atoms with van der Waals surface area (Å²) >= 11 is 0. The zero-order chi connectivity index (χ0) is 17.6. The van der Waals surface area contributed by atoms with E-state index in [0.717, 1.165) is 43.5 Å². The van der Waals surface area contributed by atoms with Gasteiger partial charge in [0.2, 0.25) is 0 Å². The third-order valence-corrected chi connectivity index (χ3v) is 7.11. The van der Waals surface area contributed by atoms with Crippen molar-refractivity contribution in [2.75, 3.05) is 26.1 Å². The third-order valence-electron chi connectivity index (χ3n) is 7.11. The molecule has 0 spiro atoms. The number of nitrogen functional groups attached to an aromatic ring is 1. The Bertz CT molecular complexity index is 686. The van der Waals surface area contributed by atoms with Gasteiger partial charge >= 0.3 is 0 Å². The molecule has 0 aliphatic heterocycles. The molecule has 3 aliphatic carbocycles. The Morgan fingerprint density at radius 2 is 2.04 bits per heavy atom. The highest BCUT2D eigenvalue weighted by Gasteiger charge is 2.54. The number of ketones is 1. The molecule has 2 fully saturated rings. The van der Waals surface area contributed by atoms with Crippen LogP contribution in [0.3, 0.4) is 0 Å². The van der Waals surface area contributed by atoms with Crippen LogP contribution in [0.1, 0.15) is 56.1 Å². The van der Waals surface area contributed by atoms with Gasteiger partial charge in [-0.25, -0.2) is 0 Å². The number of carbonyl (C=O) groups is 1. The van der Waals surface area contributed by atoms with E-state index in [9.17, 15) is 4.79 Å². The van der Waals surface area contributed by atoms with Crippen molar-refractivity contribution in [2.45, 2.75) is 51.4 Å². The first-order valence-electron chi connectivity index (χ1n) is 9.62. The van der Waals surface area contributed by atoms with Crippen molar-refractivity contribution < 1.29 is 14.3 Å². The molecule has 3 aliphatic rings. The fourth-order valence-electron chi connectivity index (χ4n) is 5.75. The molecular weight excluding hydrogens is 314 g/mol. The van der Waals surface area contributed by atoms with Crippen molar-refractivity contribution in [3.63, 3.8) is 0 Å². The van der Waals surface area contributed by atoms with Crippen LogP contribution in [0.2, 0.25) is 0 Å². The van der Waals surface area contributed by atoms with Gasteiger partial charge in [-0.1, -0.05) is 6.92 Å². The van der Waals surface area contributed by atoms with Crippen LogP contribution < -0.4 is 10.5 Å². The first-order valence-corrected chi connectivity index (χ1v) is 9.62. The van der Waals surface area contributed by atoms with Crippen molar-refractivity contribution in [3.8, 4) is 5.75 Å². The average molecular weight is 343 g/mol. The van der Waals surface area contributed by atoms with Crippen LogP contribution in [0, 0.1) is 17.3 Å². The van der Waals surface area contributed by atoms with E-state index in [-0.39, 0.29) is 5.41 Å². The highest BCUT2D eigenvalue weighted by atomic mass is 16.5. The lowest BCUT2D eigenvalue weighted by atomic mass is 9.55. The highest BCUT2D eigenvalue weighted by molar-refractivity contribution is 5.87. The summed E-state index contributed by atoms with van der Waals surface area (Å²) in [4.78, 5) is 12.4. The molecule has 1 aromatic carbocycles. The molecule has 4 rings (SSSR count). The number of hydrogen-bond acceptors (Lipinski definition) is 4. The van der Waals surface area contributed by atoms with Crippen LogP contribution in [-0.2, 0) is 16.0 Å². The molecule has 4 heteroatoms. The van der Waals surface area contributed by atoms with Gasteiger partial charge in [0.25, 0.3) is 0 Å². The molecular formula is C21H29NO3. The summed E-state index contributed by atoms with van der Waals surface area (Å²) in [6.07, 6.45) is 6.26. The number of anilines is 1. The van der Waals surface area contributed by atoms with Crippen LogP contribution >= 0.6 is 0 Å². The molecule has 4 nitrogen and oxygen atoms in total.